The fourth-order valence-electron chi connectivity index (χ4n) is 1.94. The van der Waals surface area contributed by atoms with Crippen LogP contribution in [0.5, 0.6) is 0 Å². The first-order valence-corrected chi connectivity index (χ1v) is 6.59. The maximum Gasteiger partial charge on any atom is 0.251 e. The van der Waals surface area contributed by atoms with E-state index in [9.17, 15) is 4.79 Å². The van der Waals surface area contributed by atoms with E-state index in [0.717, 1.165) is 31.9 Å². The van der Waals surface area contributed by atoms with Gasteiger partial charge in [-0.25, -0.2) is 4.98 Å². The van der Waals surface area contributed by atoms with E-state index in [1.54, 1.807) is 6.20 Å². The van der Waals surface area contributed by atoms with Crippen molar-refractivity contribution in [1.82, 2.24) is 10.3 Å². The van der Waals surface area contributed by atoms with E-state index < -0.39 is 0 Å². The molecule has 1 aromatic rings. The second-order valence-electron chi connectivity index (χ2n) is 4.32. The molecule has 1 amide bonds. The summed E-state index contributed by atoms with van der Waals surface area (Å²) < 4.78 is 5.03. The first-order valence-electron chi connectivity index (χ1n) is 6.59. The van der Waals surface area contributed by atoms with E-state index in [1.807, 2.05) is 19.1 Å². The fourth-order valence-corrected chi connectivity index (χ4v) is 1.94. The molecule has 2 rings (SSSR count). The number of hydrogen-bond donors (Lipinski definition) is 2. The zero-order valence-electron chi connectivity index (χ0n) is 11.6. The minimum Gasteiger partial charge on any atom is -0.372 e. The zero-order valence-corrected chi connectivity index (χ0v) is 12.4. The van der Waals surface area contributed by atoms with Crippen LogP contribution in [0.15, 0.2) is 18.3 Å². The normalized spacial score (nSPS) is 14.6. The molecule has 0 radical (unpaired) electrons. The van der Waals surface area contributed by atoms with Crippen molar-refractivity contribution in [2.24, 2.45) is 0 Å². The highest BCUT2D eigenvalue weighted by Crippen LogP contribution is 2.15. The number of hydrogen-bond acceptors (Lipinski definition) is 5. The molecule has 0 unspecified atom stereocenters. The van der Waals surface area contributed by atoms with Crippen molar-refractivity contribution in [3.8, 4) is 0 Å². The van der Waals surface area contributed by atoms with E-state index in [0.29, 0.717) is 12.4 Å². The molecule has 1 aliphatic heterocycles. The number of piperazine rings is 1. The molecule has 20 heavy (non-hydrogen) atoms. The molecule has 112 valence electrons. The Morgan fingerprint density at radius 2 is 2.20 bits per heavy atom. The van der Waals surface area contributed by atoms with Crippen LogP contribution >= 0.6 is 12.4 Å². The number of rotatable bonds is 5. The summed E-state index contributed by atoms with van der Waals surface area (Å²) in [5.41, 5.74) is 1.09. The highest BCUT2D eigenvalue weighted by Gasteiger charge is 2.10. The van der Waals surface area contributed by atoms with E-state index >= 15 is 0 Å². The minimum absolute atomic E-state index is 0. The smallest absolute Gasteiger partial charge is 0.251 e. The molecular weight excluding hydrogens is 280 g/mol. The van der Waals surface area contributed by atoms with Gasteiger partial charge in [-0.3, -0.25) is 4.79 Å². The van der Waals surface area contributed by atoms with Gasteiger partial charge in [-0.2, -0.15) is 0 Å². The van der Waals surface area contributed by atoms with Gasteiger partial charge >= 0.3 is 0 Å². The zero-order chi connectivity index (χ0) is 13.5. The van der Waals surface area contributed by atoms with Crippen LogP contribution in [-0.4, -0.2) is 50.3 Å². The van der Waals surface area contributed by atoms with E-state index in [2.05, 4.69) is 20.5 Å². The van der Waals surface area contributed by atoms with Crippen LogP contribution in [0.2, 0.25) is 0 Å². The van der Waals surface area contributed by atoms with Gasteiger partial charge in [-0.05, 0) is 19.1 Å². The molecule has 0 atom stereocenters. The van der Waals surface area contributed by atoms with Gasteiger partial charge in [0.15, 0.2) is 0 Å². The lowest BCUT2D eigenvalue weighted by atomic mass is 10.3. The van der Waals surface area contributed by atoms with Gasteiger partial charge < -0.3 is 20.3 Å². The summed E-state index contributed by atoms with van der Waals surface area (Å²) in [5.74, 6) is 0.382. The van der Waals surface area contributed by atoms with Crippen LogP contribution in [0.25, 0.3) is 0 Å². The summed E-state index contributed by atoms with van der Waals surface area (Å²) in [6, 6.07) is 3.80. The number of nitrogens with one attached hydrogen (secondary N) is 2. The Morgan fingerprint density at radius 1 is 1.45 bits per heavy atom. The number of ether oxygens (including phenoxy) is 1. The average molecular weight is 301 g/mol. The lowest BCUT2D eigenvalue weighted by Crippen LogP contribution is -2.43. The number of aromatic nitrogens is 1. The van der Waals surface area contributed by atoms with Gasteiger partial charge in [0, 0.05) is 32.8 Å². The molecule has 0 saturated carbocycles. The molecule has 0 aromatic carbocycles. The van der Waals surface area contributed by atoms with Crippen LogP contribution in [0.3, 0.4) is 0 Å². The van der Waals surface area contributed by atoms with Crippen LogP contribution in [0.4, 0.5) is 11.5 Å². The Labute approximate surface area is 125 Å². The number of halogens is 1. The van der Waals surface area contributed by atoms with Crippen molar-refractivity contribution < 1.29 is 9.53 Å². The number of carbonyl (C=O) groups excluding carboxylic acids is 1. The highest BCUT2D eigenvalue weighted by atomic mass is 35.5. The summed E-state index contributed by atoms with van der Waals surface area (Å²) in [6.07, 6.45) is 1.79. The molecule has 1 aliphatic rings. The second kappa shape index (κ2) is 8.73. The molecule has 1 saturated heterocycles. The molecule has 2 N–H and O–H groups in total. The largest absolute Gasteiger partial charge is 0.372 e. The lowest BCUT2D eigenvalue weighted by molar-refractivity contribution is -0.120. The van der Waals surface area contributed by atoms with Crippen LogP contribution in [0.1, 0.15) is 6.92 Å². The summed E-state index contributed by atoms with van der Waals surface area (Å²) >= 11 is 0. The predicted octanol–water partition coefficient (Wildman–Crippen LogP) is 0.888. The number of anilines is 2. The summed E-state index contributed by atoms with van der Waals surface area (Å²) in [6.45, 7) is 6.41. The first kappa shape index (κ1) is 16.7. The molecular formula is C13H21ClN4O2. The Bertz CT molecular complexity index is 407. The quantitative estimate of drug-likeness (QED) is 0.845. The third kappa shape index (κ3) is 4.96. The van der Waals surface area contributed by atoms with Crippen molar-refractivity contribution in [1.29, 1.82) is 0 Å². The molecule has 2 heterocycles. The predicted molar refractivity (Wildman–Crippen MR) is 81.7 cm³/mol. The molecule has 0 bridgehead atoms. The average Bonchev–Trinajstić information content (AvgIpc) is 2.47. The third-order valence-corrected chi connectivity index (χ3v) is 2.93. The molecule has 0 spiro atoms. The Hall–Kier alpha value is -1.37. The molecule has 6 nitrogen and oxygen atoms in total. The summed E-state index contributed by atoms with van der Waals surface area (Å²) in [5, 5.41) is 6.01. The van der Waals surface area contributed by atoms with Crippen LogP contribution in [0, 0.1) is 0 Å². The maximum absolute atomic E-state index is 11.5. The van der Waals surface area contributed by atoms with Gasteiger partial charge in [0.1, 0.15) is 12.4 Å². The Morgan fingerprint density at radius 3 is 2.80 bits per heavy atom. The minimum atomic E-state index is -0.177. The van der Waals surface area contributed by atoms with E-state index in [1.165, 1.54) is 0 Å². The first-order chi connectivity index (χ1) is 9.29. The maximum atomic E-state index is 11.5. The highest BCUT2D eigenvalue weighted by molar-refractivity contribution is 5.90. The van der Waals surface area contributed by atoms with Crippen molar-refractivity contribution in [3.63, 3.8) is 0 Å². The number of amides is 1. The second-order valence-corrected chi connectivity index (χ2v) is 4.32. The fraction of sp³-hybridized carbons (Fsp3) is 0.538. The van der Waals surface area contributed by atoms with Crippen LogP contribution < -0.4 is 15.5 Å². The standard InChI is InChI=1S/C13H20N4O2.ClH/c1-2-19-10-13(18)16-12-4-3-11(9-15-12)17-7-5-14-6-8-17;/h3-4,9,14H,2,5-8,10H2,1H3,(H,15,16,18);1H. The van der Waals surface area contributed by atoms with E-state index in [4.69, 9.17) is 4.74 Å². The van der Waals surface area contributed by atoms with Crippen molar-refractivity contribution in [3.05, 3.63) is 18.3 Å². The molecule has 1 fully saturated rings. The van der Waals surface area contributed by atoms with Crippen LogP contribution in [-0.2, 0) is 9.53 Å². The number of pyridine rings is 1. The van der Waals surface area contributed by atoms with Gasteiger partial charge in [-0.15, -0.1) is 12.4 Å². The van der Waals surface area contributed by atoms with Gasteiger partial charge in [0.05, 0.1) is 11.9 Å². The molecule has 7 heteroatoms. The van der Waals surface area contributed by atoms with Crippen molar-refractivity contribution in [2.45, 2.75) is 6.92 Å². The topological polar surface area (TPSA) is 66.5 Å². The van der Waals surface area contributed by atoms with Gasteiger partial charge in [-0.1, -0.05) is 0 Å². The third-order valence-electron chi connectivity index (χ3n) is 2.93. The molecule has 1 aromatic heterocycles. The molecule has 0 aliphatic carbocycles. The summed E-state index contributed by atoms with van der Waals surface area (Å²) in [7, 11) is 0. The monoisotopic (exact) mass is 300 g/mol. The Balaban J connectivity index is 0.00000200. The van der Waals surface area contributed by atoms with Crippen molar-refractivity contribution in [2.75, 3.05) is 49.6 Å². The van der Waals surface area contributed by atoms with Gasteiger partial charge in [0.2, 0.25) is 0 Å². The number of carbonyl (C=O) groups is 1. The summed E-state index contributed by atoms with van der Waals surface area (Å²) in [4.78, 5) is 18.0. The van der Waals surface area contributed by atoms with E-state index in [-0.39, 0.29) is 24.9 Å². The van der Waals surface area contributed by atoms with Crippen molar-refractivity contribution >= 4 is 29.8 Å². The van der Waals surface area contributed by atoms with Gasteiger partial charge in [0.25, 0.3) is 5.91 Å². The lowest BCUT2D eigenvalue weighted by Gasteiger charge is -2.29. The SMILES string of the molecule is CCOCC(=O)Nc1ccc(N2CCNCC2)cn1.Cl. The number of nitrogens with zero attached hydrogens (tertiary/aromatic N) is 2. The Kier molecular flexibility index (Phi) is 7.28.